The third-order valence-corrected chi connectivity index (χ3v) is 3.58. The molecule has 0 aromatic carbocycles. The van der Waals surface area contributed by atoms with Gasteiger partial charge in [-0.3, -0.25) is 4.79 Å². The van der Waals surface area contributed by atoms with E-state index in [1.807, 2.05) is 0 Å². The second kappa shape index (κ2) is 3.96. The SMILES string of the molecule is CC1(C)C(N)CC1Nc1ccc(C(N)=O)nn1. The van der Waals surface area contributed by atoms with Gasteiger partial charge in [-0.05, 0) is 18.6 Å². The molecule has 0 saturated heterocycles. The van der Waals surface area contributed by atoms with Crippen molar-refractivity contribution in [1.29, 1.82) is 0 Å². The van der Waals surface area contributed by atoms with Crippen LogP contribution in [0, 0.1) is 5.41 Å². The van der Waals surface area contributed by atoms with Crippen molar-refractivity contribution in [2.24, 2.45) is 16.9 Å². The molecular weight excluding hydrogens is 218 g/mol. The van der Waals surface area contributed by atoms with Crippen molar-refractivity contribution >= 4 is 11.7 Å². The minimum Gasteiger partial charge on any atom is -0.365 e. The van der Waals surface area contributed by atoms with Crippen molar-refractivity contribution in [1.82, 2.24) is 10.2 Å². The van der Waals surface area contributed by atoms with Crippen LogP contribution in [0.1, 0.15) is 30.8 Å². The van der Waals surface area contributed by atoms with Crippen LogP contribution in [0.3, 0.4) is 0 Å². The van der Waals surface area contributed by atoms with Gasteiger partial charge < -0.3 is 16.8 Å². The van der Waals surface area contributed by atoms with E-state index in [4.69, 9.17) is 11.5 Å². The van der Waals surface area contributed by atoms with Crippen LogP contribution in [0.25, 0.3) is 0 Å². The summed E-state index contributed by atoms with van der Waals surface area (Å²) in [5, 5.41) is 10.9. The van der Waals surface area contributed by atoms with Crippen molar-refractivity contribution in [2.75, 3.05) is 5.32 Å². The van der Waals surface area contributed by atoms with Crippen LogP contribution < -0.4 is 16.8 Å². The van der Waals surface area contributed by atoms with Crippen molar-refractivity contribution in [3.63, 3.8) is 0 Å². The highest BCUT2D eigenvalue weighted by Crippen LogP contribution is 2.40. The molecule has 1 heterocycles. The first-order valence-corrected chi connectivity index (χ1v) is 5.57. The molecule has 0 aliphatic heterocycles. The highest BCUT2D eigenvalue weighted by Gasteiger charge is 2.46. The summed E-state index contributed by atoms with van der Waals surface area (Å²) in [7, 11) is 0. The molecule has 5 N–H and O–H groups in total. The van der Waals surface area contributed by atoms with Crippen LogP contribution in [-0.4, -0.2) is 28.2 Å². The van der Waals surface area contributed by atoms with E-state index in [9.17, 15) is 4.79 Å². The standard InChI is InChI=1S/C11H17N5O/c1-11(2)7(12)5-8(11)14-9-4-3-6(10(13)17)15-16-9/h3-4,7-8H,5,12H2,1-2H3,(H2,13,17)(H,14,16). The first kappa shape index (κ1) is 11.8. The molecule has 0 bridgehead atoms. The lowest BCUT2D eigenvalue weighted by Gasteiger charge is -2.50. The summed E-state index contributed by atoms with van der Waals surface area (Å²) in [4.78, 5) is 10.8. The predicted molar refractivity (Wildman–Crippen MR) is 64.3 cm³/mol. The Balaban J connectivity index is 2.03. The van der Waals surface area contributed by atoms with Crippen LogP contribution in [-0.2, 0) is 0 Å². The number of hydrogen-bond acceptors (Lipinski definition) is 5. The molecule has 2 rings (SSSR count). The molecule has 1 aliphatic carbocycles. The maximum atomic E-state index is 10.8. The fraction of sp³-hybridized carbons (Fsp3) is 0.545. The van der Waals surface area contributed by atoms with Crippen LogP contribution in [0.15, 0.2) is 12.1 Å². The number of nitrogens with two attached hydrogens (primary N) is 2. The van der Waals surface area contributed by atoms with Crippen LogP contribution >= 0.6 is 0 Å². The Morgan fingerprint density at radius 3 is 2.59 bits per heavy atom. The predicted octanol–water partition coefficient (Wildman–Crippen LogP) is 0.113. The minimum absolute atomic E-state index is 0.0457. The van der Waals surface area contributed by atoms with Crippen molar-refractivity contribution in [2.45, 2.75) is 32.4 Å². The van der Waals surface area contributed by atoms with Crippen molar-refractivity contribution < 1.29 is 4.79 Å². The van der Waals surface area contributed by atoms with E-state index in [-0.39, 0.29) is 23.2 Å². The van der Waals surface area contributed by atoms with Crippen LogP contribution in [0.5, 0.6) is 0 Å². The van der Waals surface area contributed by atoms with E-state index in [0.717, 1.165) is 6.42 Å². The third kappa shape index (κ3) is 2.08. The zero-order valence-electron chi connectivity index (χ0n) is 9.97. The quantitative estimate of drug-likeness (QED) is 0.689. The van der Waals surface area contributed by atoms with Crippen molar-refractivity contribution in [3.8, 4) is 0 Å². The van der Waals surface area contributed by atoms with Gasteiger partial charge in [-0.2, -0.15) is 0 Å². The lowest BCUT2D eigenvalue weighted by Crippen LogP contribution is -2.61. The molecule has 1 aliphatic rings. The summed E-state index contributed by atoms with van der Waals surface area (Å²) >= 11 is 0. The molecule has 2 unspecified atom stereocenters. The second-order valence-corrected chi connectivity index (χ2v) is 5.03. The lowest BCUT2D eigenvalue weighted by atomic mass is 9.63. The van der Waals surface area contributed by atoms with Gasteiger partial charge in [-0.1, -0.05) is 13.8 Å². The van der Waals surface area contributed by atoms with E-state index in [1.165, 1.54) is 0 Å². The number of amides is 1. The average Bonchev–Trinajstić information content (AvgIpc) is 2.29. The van der Waals surface area contributed by atoms with Crippen LogP contribution in [0.2, 0.25) is 0 Å². The fourth-order valence-corrected chi connectivity index (χ4v) is 1.92. The summed E-state index contributed by atoms with van der Waals surface area (Å²) in [6.07, 6.45) is 0.909. The normalized spacial score (nSPS) is 26.1. The van der Waals surface area contributed by atoms with Gasteiger partial charge in [0.15, 0.2) is 5.69 Å². The van der Waals surface area contributed by atoms with E-state index in [2.05, 4.69) is 29.4 Å². The first-order chi connectivity index (χ1) is 7.91. The molecule has 6 nitrogen and oxygen atoms in total. The van der Waals surface area contributed by atoms with Gasteiger partial charge in [0, 0.05) is 17.5 Å². The van der Waals surface area contributed by atoms with Gasteiger partial charge in [-0.15, -0.1) is 10.2 Å². The topological polar surface area (TPSA) is 107 Å². The highest BCUT2D eigenvalue weighted by molar-refractivity contribution is 5.90. The molecule has 6 heteroatoms. The number of carbonyl (C=O) groups is 1. The molecule has 1 aromatic rings. The van der Waals surface area contributed by atoms with E-state index in [1.54, 1.807) is 12.1 Å². The number of nitrogens with zero attached hydrogens (tertiary/aromatic N) is 2. The molecule has 0 radical (unpaired) electrons. The number of hydrogen-bond donors (Lipinski definition) is 3. The summed E-state index contributed by atoms with van der Waals surface area (Å²) in [6.45, 7) is 4.23. The molecule has 1 saturated carbocycles. The van der Waals surface area contributed by atoms with Gasteiger partial charge in [-0.25, -0.2) is 0 Å². The smallest absolute Gasteiger partial charge is 0.269 e. The van der Waals surface area contributed by atoms with Gasteiger partial charge in [0.1, 0.15) is 5.82 Å². The first-order valence-electron chi connectivity index (χ1n) is 5.57. The van der Waals surface area contributed by atoms with Gasteiger partial charge in [0.2, 0.25) is 0 Å². The molecule has 0 spiro atoms. The number of rotatable bonds is 3. The number of aromatic nitrogens is 2. The Kier molecular flexibility index (Phi) is 2.74. The molecule has 2 atom stereocenters. The van der Waals surface area contributed by atoms with Crippen molar-refractivity contribution in [3.05, 3.63) is 17.8 Å². The molecule has 1 amide bonds. The Morgan fingerprint density at radius 2 is 2.18 bits per heavy atom. The Hall–Kier alpha value is -1.69. The highest BCUT2D eigenvalue weighted by atomic mass is 16.1. The summed E-state index contributed by atoms with van der Waals surface area (Å²) in [5.74, 6) is 0.0648. The summed E-state index contributed by atoms with van der Waals surface area (Å²) in [6, 6.07) is 3.75. The maximum absolute atomic E-state index is 10.8. The molecule has 1 fully saturated rings. The van der Waals surface area contributed by atoms with Gasteiger partial charge in [0.05, 0.1) is 0 Å². The minimum atomic E-state index is -0.574. The maximum Gasteiger partial charge on any atom is 0.269 e. The van der Waals surface area contributed by atoms with Gasteiger partial charge >= 0.3 is 0 Å². The zero-order valence-corrected chi connectivity index (χ0v) is 9.97. The molecule has 17 heavy (non-hydrogen) atoms. The number of carbonyl (C=O) groups excluding carboxylic acids is 1. The monoisotopic (exact) mass is 235 g/mol. The van der Waals surface area contributed by atoms with E-state index in [0.29, 0.717) is 5.82 Å². The lowest BCUT2D eigenvalue weighted by molar-refractivity contribution is 0.0994. The zero-order chi connectivity index (χ0) is 12.6. The Morgan fingerprint density at radius 1 is 1.47 bits per heavy atom. The fourth-order valence-electron chi connectivity index (χ4n) is 1.92. The summed E-state index contributed by atoms with van der Waals surface area (Å²) < 4.78 is 0. The number of nitrogens with one attached hydrogen (secondary N) is 1. The third-order valence-electron chi connectivity index (χ3n) is 3.58. The molecule has 92 valence electrons. The number of anilines is 1. The van der Waals surface area contributed by atoms with Gasteiger partial charge in [0.25, 0.3) is 5.91 Å². The van der Waals surface area contributed by atoms with E-state index >= 15 is 0 Å². The van der Waals surface area contributed by atoms with Crippen LogP contribution in [0.4, 0.5) is 5.82 Å². The number of primary amides is 1. The van der Waals surface area contributed by atoms with E-state index < -0.39 is 5.91 Å². The molecule has 1 aromatic heterocycles. The largest absolute Gasteiger partial charge is 0.365 e. The summed E-state index contributed by atoms with van der Waals surface area (Å²) in [5.41, 5.74) is 11.2. The Bertz CT molecular complexity index is 428. The molecular formula is C11H17N5O. The average molecular weight is 235 g/mol. The second-order valence-electron chi connectivity index (χ2n) is 5.03. The Labute approximate surface area is 99.8 Å².